The van der Waals surface area contributed by atoms with Crippen LogP contribution >= 0.6 is 0 Å². The zero-order chi connectivity index (χ0) is 12.8. The number of rotatable bonds is 6. The molecule has 0 aromatic carbocycles. The van der Waals surface area contributed by atoms with E-state index in [9.17, 15) is 9.59 Å². The van der Waals surface area contributed by atoms with Gasteiger partial charge in [-0.1, -0.05) is 13.3 Å². The second-order valence-electron chi connectivity index (χ2n) is 4.63. The van der Waals surface area contributed by atoms with Gasteiger partial charge in [-0.2, -0.15) is 0 Å². The quantitative estimate of drug-likeness (QED) is 0.410. The van der Waals surface area contributed by atoms with Crippen molar-refractivity contribution in [2.45, 2.75) is 46.3 Å². The highest BCUT2D eigenvalue weighted by Crippen LogP contribution is 2.15. The Bertz CT molecular complexity index is 245. The molecule has 1 unspecified atom stereocenters. The highest BCUT2D eigenvalue weighted by Gasteiger charge is 2.32. The van der Waals surface area contributed by atoms with E-state index in [1.807, 2.05) is 26.6 Å². The largest absolute Gasteiger partial charge is 0.519 e. The molecular formula is C11H22O4Si. The third-order valence-corrected chi connectivity index (χ3v) is 2.65. The number of ether oxygens (including phenoxy) is 1. The van der Waals surface area contributed by atoms with Gasteiger partial charge >= 0.3 is 11.9 Å². The van der Waals surface area contributed by atoms with E-state index in [0.29, 0.717) is 13.0 Å². The van der Waals surface area contributed by atoms with Crippen molar-refractivity contribution in [3.05, 3.63) is 0 Å². The smallest absolute Gasteiger partial charge is 0.320 e. The Hall–Kier alpha value is -0.843. The van der Waals surface area contributed by atoms with Crippen LogP contribution < -0.4 is 0 Å². The van der Waals surface area contributed by atoms with Gasteiger partial charge < -0.3 is 9.16 Å². The van der Waals surface area contributed by atoms with Gasteiger partial charge in [-0.3, -0.25) is 9.59 Å². The first-order valence-corrected chi connectivity index (χ1v) is 9.12. The fraction of sp³-hybridized carbons (Fsp3) is 0.818. The molecule has 0 saturated heterocycles. The van der Waals surface area contributed by atoms with E-state index >= 15 is 0 Å². The lowest BCUT2D eigenvalue weighted by atomic mass is 10.0. The normalized spacial score (nSPS) is 13.1. The molecular weight excluding hydrogens is 224 g/mol. The lowest BCUT2D eigenvalue weighted by Crippen LogP contribution is -2.36. The van der Waals surface area contributed by atoms with Crippen LogP contribution in [-0.4, -0.2) is 26.9 Å². The molecule has 0 rings (SSSR count). The summed E-state index contributed by atoms with van der Waals surface area (Å²) in [6, 6.07) is 0. The molecule has 0 radical (unpaired) electrons. The zero-order valence-electron chi connectivity index (χ0n) is 10.8. The lowest BCUT2D eigenvalue weighted by Gasteiger charge is -2.21. The molecule has 16 heavy (non-hydrogen) atoms. The van der Waals surface area contributed by atoms with E-state index in [-0.39, 0.29) is 0 Å². The molecule has 5 heteroatoms. The van der Waals surface area contributed by atoms with Crippen molar-refractivity contribution >= 4 is 20.3 Å². The summed E-state index contributed by atoms with van der Waals surface area (Å²) in [7, 11) is -1.94. The average molecular weight is 246 g/mol. The van der Waals surface area contributed by atoms with Crippen molar-refractivity contribution in [2.75, 3.05) is 6.61 Å². The summed E-state index contributed by atoms with van der Waals surface area (Å²) < 4.78 is 10.2. The fourth-order valence-electron chi connectivity index (χ4n) is 1.24. The third kappa shape index (κ3) is 5.90. The minimum atomic E-state index is -1.94. The zero-order valence-corrected chi connectivity index (χ0v) is 11.8. The van der Waals surface area contributed by atoms with Crippen LogP contribution in [0.1, 0.15) is 26.7 Å². The van der Waals surface area contributed by atoms with Crippen molar-refractivity contribution in [3.63, 3.8) is 0 Å². The van der Waals surface area contributed by atoms with Crippen LogP contribution in [0.2, 0.25) is 19.6 Å². The van der Waals surface area contributed by atoms with Gasteiger partial charge in [0.1, 0.15) is 0 Å². The molecule has 0 heterocycles. The number of carbonyl (C=O) groups excluding carboxylic acids is 2. The monoisotopic (exact) mass is 246 g/mol. The molecule has 0 fully saturated rings. The van der Waals surface area contributed by atoms with E-state index in [1.165, 1.54) is 0 Å². The lowest BCUT2D eigenvalue weighted by molar-refractivity contribution is -0.157. The van der Waals surface area contributed by atoms with Crippen LogP contribution in [0.5, 0.6) is 0 Å². The maximum atomic E-state index is 11.8. The highest BCUT2D eigenvalue weighted by atomic mass is 28.4. The molecule has 0 aromatic rings. The van der Waals surface area contributed by atoms with Crippen LogP contribution in [0.3, 0.4) is 0 Å². The van der Waals surface area contributed by atoms with Crippen molar-refractivity contribution in [1.82, 2.24) is 0 Å². The third-order valence-electron chi connectivity index (χ3n) is 1.84. The van der Waals surface area contributed by atoms with Crippen molar-refractivity contribution in [1.29, 1.82) is 0 Å². The Balaban J connectivity index is 4.52. The van der Waals surface area contributed by atoms with Gasteiger partial charge in [-0.05, 0) is 33.0 Å². The Morgan fingerprint density at radius 2 is 1.69 bits per heavy atom. The summed E-state index contributed by atoms with van der Waals surface area (Å²) in [6.07, 6.45) is 1.24. The maximum absolute atomic E-state index is 11.8. The van der Waals surface area contributed by atoms with Crippen LogP contribution in [0.4, 0.5) is 0 Å². The first-order chi connectivity index (χ1) is 7.31. The Labute approximate surface area is 98.4 Å². The fourth-order valence-corrected chi connectivity index (χ4v) is 1.98. The summed E-state index contributed by atoms with van der Waals surface area (Å²) in [5.41, 5.74) is 0. The van der Waals surface area contributed by atoms with E-state index in [4.69, 9.17) is 9.16 Å². The molecule has 4 nitrogen and oxygen atoms in total. The SMILES string of the molecule is CCCC(C(=O)OCC)C(=O)O[Si](C)(C)C. The van der Waals surface area contributed by atoms with Crippen molar-refractivity contribution < 1.29 is 18.8 Å². The number of hydrogen-bond donors (Lipinski definition) is 0. The Morgan fingerprint density at radius 3 is 2.06 bits per heavy atom. The molecule has 0 N–H and O–H groups in total. The maximum Gasteiger partial charge on any atom is 0.320 e. The number of hydrogen-bond acceptors (Lipinski definition) is 4. The molecule has 0 aromatic heterocycles. The Kier molecular flexibility index (Phi) is 6.33. The van der Waals surface area contributed by atoms with Gasteiger partial charge in [0.25, 0.3) is 0 Å². The van der Waals surface area contributed by atoms with Gasteiger partial charge in [0.15, 0.2) is 5.92 Å². The standard InChI is InChI=1S/C11H22O4Si/c1-6-8-9(10(12)14-7-2)11(13)15-16(3,4)5/h9H,6-8H2,1-5H3. The van der Waals surface area contributed by atoms with Gasteiger partial charge in [0, 0.05) is 0 Å². The van der Waals surface area contributed by atoms with Crippen LogP contribution in [0.25, 0.3) is 0 Å². The topological polar surface area (TPSA) is 52.6 Å². The molecule has 0 aliphatic rings. The van der Waals surface area contributed by atoms with E-state index in [0.717, 1.165) is 6.42 Å². The molecule has 1 atom stereocenters. The molecule has 0 amide bonds. The molecule has 0 spiro atoms. The van der Waals surface area contributed by atoms with E-state index in [2.05, 4.69) is 0 Å². The van der Waals surface area contributed by atoms with Crippen molar-refractivity contribution in [2.24, 2.45) is 5.92 Å². The predicted octanol–water partition coefficient (Wildman–Crippen LogP) is 2.34. The van der Waals surface area contributed by atoms with Gasteiger partial charge in [0.05, 0.1) is 6.61 Å². The first-order valence-electron chi connectivity index (χ1n) is 5.71. The minimum Gasteiger partial charge on any atom is -0.519 e. The van der Waals surface area contributed by atoms with Crippen LogP contribution in [0.15, 0.2) is 0 Å². The van der Waals surface area contributed by atoms with Gasteiger partial charge in [-0.15, -0.1) is 0 Å². The minimum absolute atomic E-state index is 0.291. The second kappa shape index (κ2) is 6.68. The summed E-state index contributed by atoms with van der Waals surface area (Å²) >= 11 is 0. The number of carbonyl (C=O) groups is 2. The van der Waals surface area contributed by atoms with Gasteiger partial charge in [0.2, 0.25) is 8.32 Å². The average Bonchev–Trinajstić information content (AvgIpc) is 2.11. The summed E-state index contributed by atoms with van der Waals surface area (Å²) in [6.45, 7) is 9.69. The summed E-state index contributed by atoms with van der Waals surface area (Å²) in [5.74, 6) is -1.65. The second-order valence-corrected chi connectivity index (χ2v) is 9.06. The van der Waals surface area contributed by atoms with Crippen molar-refractivity contribution in [3.8, 4) is 0 Å². The molecule has 0 aliphatic carbocycles. The molecule has 0 aliphatic heterocycles. The van der Waals surface area contributed by atoms with Crippen LogP contribution in [0, 0.1) is 5.92 Å². The molecule has 0 saturated carbocycles. The van der Waals surface area contributed by atoms with E-state index < -0.39 is 26.2 Å². The van der Waals surface area contributed by atoms with E-state index in [1.54, 1.807) is 6.92 Å². The predicted molar refractivity (Wildman–Crippen MR) is 64.5 cm³/mol. The van der Waals surface area contributed by atoms with Gasteiger partial charge in [-0.25, -0.2) is 0 Å². The summed E-state index contributed by atoms with van der Waals surface area (Å²) in [4.78, 5) is 23.3. The Morgan fingerprint density at radius 1 is 1.12 bits per heavy atom. The highest BCUT2D eigenvalue weighted by molar-refractivity contribution is 6.71. The molecule has 0 bridgehead atoms. The number of esters is 1. The molecule has 94 valence electrons. The first kappa shape index (κ1) is 15.2. The summed E-state index contributed by atoms with van der Waals surface area (Å²) in [5, 5.41) is 0. The van der Waals surface area contributed by atoms with Crippen LogP contribution in [-0.2, 0) is 18.8 Å².